The SMILES string of the molecule is Cc1ccc2sc(N(Cc3ccco3)C(=O)C(c3ccccc3)c3ccccc3)nc2c1C. The zero-order valence-electron chi connectivity index (χ0n) is 18.6. The van der Waals surface area contributed by atoms with E-state index in [1.807, 2.05) is 72.8 Å². The molecule has 4 nitrogen and oxygen atoms in total. The molecule has 0 aliphatic heterocycles. The second kappa shape index (κ2) is 9.04. The highest BCUT2D eigenvalue weighted by Crippen LogP contribution is 2.36. The largest absolute Gasteiger partial charge is 0.467 e. The molecule has 3 aromatic carbocycles. The summed E-state index contributed by atoms with van der Waals surface area (Å²) in [4.78, 5) is 20.9. The predicted octanol–water partition coefficient (Wildman–Crippen LogP) is 6.87. The van der Waals surface area contributed by atoms with E-state index >= 15 is 0 Å². The number of amides is 1. The maximum absolute atomic E-state index is 14.3. The van der Waals surface area contributed by atoms with Crippen molar-refractivity contribution in [2.24, 2.45) is 0 Å². The second-order valence-corrected chi connectivity index (χ2v) is 9.12. The zero-order valence-corrected chi connectivity index (χ0v) is 19.4. The Balaban J connectivity index is 1.64. The van der Waals surface area contributed by atoms with Gasteiger partial charge >= 0.3 is 0 Å². The molecule has 0 unspecified atom stereocenters. The summed E-state index contributed by atoms with van der Waals surface area (Å²) in [6.07, 6.45) is 1.63. The molecule has 2 aromatic heterocycles. The topological polar surface area (TPSA) is 46.3 Å². The molecule has 2 heterocycles. The lowest BCUT2D eigenvalue weighted by Gasteiger charge is -2.25. The number of nitrogens with zero attached hydrogens (tertiary/aromatic N) is 2. The normalized spacial score (nSPS) is 11.2. The van der Waals surface area contributed by atoms with Crippen LogP contribution in [0.4, 0.5) is 5.13 Å². The summed E-state index contributed by atoms with van der Waals surface area (Å²) in [6, 6.07) is 27.8. The predicted molar refractivity (Wildman–Crippen MR) is 134 cm³/mol. The van der Waals surface area contributed by atoms with Crippen LogP contribution in [0.15, 0.2) is 95.6 Å². The molecule has 164 valence electrons. The van der Waals surface area contributed by atoms with Crippen LogP contribution in [0.1, 0.15) is 33.9 Å². The van der Waals surface area contributed by atoms with E-state index in [1.54, 1.807) is 11.2 Å². The number of carbonyl (C=O) groups is 1. The van der Waals surface area contributed by atoms with Crippen molar-refractivity contribution in [1.82, 2.24) is 4.98 Å². The van der Waals surface area contributed by atoms with Gasteiger partial charge in [0.05, 0.1) is 28.9 Å². The van der Waals surface area contributed by atoms with Crippen molar-refractivity contribution in [3.05, 3.63) is 119 Å². The molecule has 5 rings (SSSR count). The maximum Gasteiger partial charge on any atom is 0.241 e. The lowest BCUT2D eigenvalue weighted by Crippen LogP contribution is -2.35. The molecule has 0 saturated heterocycles. The molecule has 0 bridgehead atoms. The van der Waals surface area contributed by atoms with Gasteiger partial charge in [0.1, 0.15) is 5.76 Å². The van der Waals surface area contributed by atoms with Crippen molar-refractivity contribution in [3.8, 4) is 0 Å². The van der Waals surface area contributed by atoms with Gasteiger partial charge in [0.2, 0.25) is 5.91 Å². The average Bonchev–Trinajstić information content (AvgIpc) is 3.52. The number of furan rings is 1. The Morgan fingerprint density at radius 2 is 1.58 bits per heavy atom. The molecule has 0 spiro atoms. The van der Waals surface area contributed by atoms with Gasteiger partial charge in [0, 0.05) is 0 Å². The first-order chi connectivity index (χ1) is 16.1. The van der Waals surface area contributed by atoms with Gasteiger partial charge in [0.25, 0.3) is 0 Å². The van der Waals surface area contributed by atoms with Crippen LogP contribution in [0.25, 0.3) is 10.2 Å². The van der Waals surface area contributed by atoms with Crippen LogP contribution < -0.4 is 4.90 Å². The third-order valence-electron chi connectivity index (χ3n) is 5.98. The molecule has 0 atom stereocenters. The highest BCUT2D eigenvalue weighted by atomic mass is 32.1. The van der Waals surface area contributed by atoms with Crippen LogP contribution in [-0.4, -0.2) is 10.9 Å². The van der Waals surface area contributed by atoms with E-state index in [-0.39, 0.29) is 5.91 Å². The Bertz CT molecular complexity index is 1340. The molecule has 5 heteroatoms. The zero-order chi connectivity index (χ0) is 22.8. The van der Waals surface area contributed by atoms with Gasteiger partial charge in [-0.15, -0.1) is 0 Å². The quantitative estimate of drug-likeness (QED) is 0.282. The van der Waals surface area contributed by atoms with Crippen molar-refractivity contribution >= 4 is 32.6 Å². The number of hydrogen-bond donors (Lipinski definition) is 0. The van der Waals surface area contributed by atoms with Crippen molar-refractivity contribution in [2.45, 2.75) is 26.3 Å². The van der Waals surface area contributed by atoms with Gasteiger partial charge in [-0.1, -0.05) is 78.1 Å². The molecule has 0 radical (unpaired) electrons. The van der Waals surface area contributed by atoms with Gasteiger partial charge in [-0.2, -0.15) is 0 Å². The second-order valence-electron chi connectivity index (χ2n) is 8.11. The summed E-state index contributed by atoms with van der Waals surface area (Å²) in [5.41, 5.74) is 5.18. The first-order valence-electron chi connectivity index (χ1n) is 10.9. The first-order valence-corrected chi connectivity index (χ1v) is 11.7. The first kappa shape index (κ1) is 21.2. The van der Waals surface area contributed by atoms with E-state index < -0.39 is 5.92 Å². The van der Waals surface area contributed by atoms with Gasteiger partial charge in [-0.25, -0.2) is 4.98 Å². The molecule has 1 amide bonds. The molecule has 33 heavy (non-hydrogen) atoms. The average molecular weight is 453 g/mol. The van der Waals surface area contributed by atoms with Crippen LogP contribution in [-0.2, 0) is 11.3 Å². The van der Waals surface area contributed by atoms with Gasteiger partial charge < -0.3 is 4.42 Å². The number of aromatic nitrogens is 1. The summed E-state index contributed by atoms with van der Waals surface area (Å²) in [7, 11) is 0. The Kier molecular flexibility index (Phi) is 5.80. The van der Waals surface area contributed by atoms with Crippen LogP contribution in [0.5, 0.6) is 0 Å². The van der Waals surface area contributed by atoms with Crippen molar-refractivity contribution < 1.29 is 9.21 Å². The molecular weight excluding hydrogens is 428 g/mol. The van der Waals surface area contributed by atoms with E-state index in [4.69, 9.17) is 9.40 Å². The minimum atomic E-state index is -0.447. The van der Waals surface area contributed by atoms with Crippen molar-refractivity contribution in [1.29, 1.82) is 0 Å². The molecule has 0 aliphatic carbocycles. The van der Waals surface area contributed by atoms with Crippen molar-refractivity contribution in [2.75, 3.05) is 4.90 Å². The van der Waals surface area contributed by atoms with E-state index in [1.165, 1.54) is 16.9 Å². The molecular formula is C28H24N2O2S. The number of thiazole rings is 1. The van der Waals surface area contributed by atoms with E-state index in [2.05, 4.69) is 26.0 Å². The van der Waals surface area contributed by atoms with Crippen LogP contribution in [0.3, 0.4) is 0 Å². The smallest absolute Gasteiger partial charge is 0.241 e. The number of carbonyl (C=O) groups excluding carboxylic acids is 1. The highest BCUT2D eigenvalue weighted by Gasteiger charge is 2.31. The third-order valence-corrected chi connectivity index (χ3v) is 7.02. The van der Waals surface area contributed by atoms with E-state index in [0.717, 1.165) is 32.7 Å². The summed E-state index contributed by atoms with van der Waals surface area (Å²) in [6.45, 7) is 4.48. The molecule has 0 saturated carbocycles. The van der Waals surface area contributed by atoms with E-state index in [9.17, 15) is 4.79 Å². The maximum atomic E-state index is 14.3. The standard InChI is InChI=1S/C28H24N2O2S/c1-19-15-16-24-26(20(19)2)29-28(33-24)30(18-23-14-9-17-32-23)27(31)25(21-10-5-3-6-11-21)22-12-7-4-8-13-22/h3-17,25H,18H2,1-2H3. The fraction of sp³-hybridized carbons (Fsp3) is 0.143. The van der Waals surface area contributed by atoms with Gasteiger partial charge in [0.15, 0.2) is 5.13 Å². The summed E-state index contributed by atoms with van der Waals surface area (Å²) < 4.78 is 6.70. The fourth-order valence-corrected chi connectivity index (χ4v) is 5.08. The Morgan fingerprint density at radius 3 is 2.18 bits per heavy atom. The summed E-state index contributed by atoms with van der Waals surface area (Å²) >= 11 is 1.54. The fourth-order valence-electron chi connectivity index (χ4n) is 4.05. The third kappa shape index (κ3) is 4.20. The number of benzene rings is 3. The molecule has 0 aliphatic rings. The van der Waals surface area contributed by atoms with E-state index in [0.29, 0.717) is 11.7 Å². The number of fused-ring (bicyclic) bond motifs is 1. The van der Waals surface area contributed by atoms with Gasteiger partial charge in [-0.05, 0) is 54.3 Å². The Morgan fingerprint density at radius 1 is 0.909 bits per heavy atom. The molecule has 0 fully saturated rings. The Labute approximate surface area is 197 Å². The molecule has 0 N–H and O–H groups in total. The minimum Gasteiger partial charge on any atom is -0.467 e. The summed E-state index contributed by atoms with van der Waals surface area (Å²) in [5, 5.41) is 0.678. The Hall–Kier alpha value is -3.70. The number of anilines is 1. The highest BCUT2D eigenvalue weighted by molar-refractivity contribution is 7.22. The summed E-state index contributed by atoms with van der Waals surface area (Å²) in [5.74, 6) is 0.241. The monoisotopic (exact) mass is 452 g/mol. The lowest BCUT2D eigenvalue weighted by atomic mass is 9.90. The van der Waals surface area contributed by atoms with Crippen LogP contribution >= 0.6 is 11.3 Å². The van der Waals surface area contributed by atoms with Crippen molar-refractivity contribution in [3.63, 3.8) is 0 Å². The van der Waals surface area contributed by atoms with Gasteiger partial charge in [-0.3, -0.25) is 9.69 Å². The minimum absolute atomic E-state index is 0.0303. The number of aryl methyl sites for hydroxylation is 2. The molecule has 5 aromatic rings. The number of hydrogen-bond acceptors (Lipinski definition) is 4. The van der Waals surface area contributed by atoms with Crippen LogP contribution in [0, 0.1) is 13.8 Å². The lowest BCUT2D eigenvalue weighted by molar-refractivity contribution is -0.119. The number of rotatable bonds is 6. The van der Waals surface area contributed by atoms with Crippen LogP contribution in [0.2, 0.25) is 0 Å².